The van der Waals surface area contributed by atoms with Crippen LogP contribution in [-0.4, -0.2) is 36.3 Å². The molecule has 0 heterocycles. The van der Waals surface area contributed by atoms with E-state index in [1.54, 1.807) is 11.8 Å². The van der Waals surface area contributed by atoms with Crippen molar-refractivity contribution in [1.29, 1.82) is 0 Å². The lowest BCUT2D eigenvalue weighted by molar-refractivity contribution is -0.156. The molecule has 0 aliphatic heterocycles. The third kappa shape index (κ3) is 4.00. The fraction of sp³-hybridized carbons (Fsp3) is 0.889. The van der Waals surface area contributed by atoms with E-state index >= 15 is 0 Å². The fourth-order valence-corrected chi connectivity index (χ4v) is 1.98. The maximum Gasteiger partial charge on any atom is 0.333 e. The van der Waals surface area contributed by atoms with E-state index in [9.17, 15) is 4.79 Å². The Bertz CT molecular complexity index is 168. The van der Waals surface area contributed by atoms with E-state index in [1.165, 1.54) is 7.11 Å². The molecular formula is C9H18O3S. The highest BCUT2D eigenvalue weighted by molar-refractivity contribution is 7.98. The molecule has 0 saturated heterocycles. The van der Waals surface area contributed by atoms with Crippen LogP contribution in [0.3, 0.4) is 0 Å². The first-order chi connectivity index (χ1) is 5.95. The number of hydrogen-bond acceptors (Lipinski definition) is 3. The number of carboxylic acid groups (broad SMARTS) is 1. The average molecular weight is 206 g/mol. The van der Waals surface area contributed by atoms with Crippen LogP contribution < -0.4 is 0 Å². The molecule has 0 amide bonds. The van der Waals surface area contributed by atoms with Crippen LogP contribution in [-0.2, 0) is 9.53 Å². The summed E-state index contributed by atoms with van der Waals surface area (Å²) in [4.78, 5) is 10.8. The summed E-state index contributed by atoms with van der Waals surface area (Å²) >= 11 is 1.72. The smallest absolute Gasteiger partial charge is 0.333 e. The Morgan fingerprint density at radius 1 is 1.62 bits per heavy atom. The molecule has 0 saturated carbocycles. The van der Waals surface area contributed by atoms with Gasteiger partial charge in [0.15, 0.2) is 6.10 Å². The molecule has 0 aliphatic carbocycles. The Morgan fingerprint density at radius 2 is 2.15 bits per heavy atom. The van der Waals surface area contributed by atoms with Gasteiger partial charge in [-0.1, -0.05) is 13.8 Å². The molecule has 0 aliphatic rings. The van der Waals surface area contributed by atoms with Crippen molar-refractivity contribution in [3.05, 3.63) is 0 Å². The van der Waals surface area contributed by atoms with Crippen LogP contribution in [0.4, 0.5) is 0 Å². The number of methoxy groups -OCH3 is 1. The SMILES string of the molecule is COC(C(=O)O)C(C)(C)CCSC. The number of ether oxygens (including phenoxy) is 1. The van der Waals surface area contributed by atoms with Crippen LogP contribution in [0.5, 0.6) is 0 Å². The first kappa shape index (κ1) is 12.8. The predicted molar refractivity (Wildman–Crippen MR) is 55.2 cm³/mol. The molecule has 0 spiro atoms. The van der Waals surface area contributed by atoms with Gasteiger partial charge in [-0.15, -0.1) is 0 Å². The van der Waals surface area contributed by atoms with Crippen LogP contribution in [0.15, 0.2) is 0 Å². The minimum Gasteiger partial charge on any atom is -0.479 e. The molecule has 1 atom stereocenters. The van der Waals surface area contributed by atoms with Crippen molar-refractivity contribution in [1.82, 2.24) is 0 Å². The van der Waals surface area contributed by atoms with Crippen LogP contribution in [0, 0.1) is 5.41 Å². The van der Waals surface area contributed by atoms with Crippen LogP contribution >= 0.6 is 11.8 Å². The summed E-state index contributed by atoms with van der Waals surface area (Å²) < 4.78 is 4.96. The molecular weight excluding hydrogens is 188 g/mol. The highest BCUT2D eigenvalue weighted by atomic mass is 32.2. The zero-order chi connectivity index (χ0) is 10.5. The second-order valence-electron chi connectivity index (χ2n) is 3.69. The topological polar surface area (TPSA) is 46.5 Å². The molecule has 78 valence electrons. The molecule has 1 unspecified atom stereocenters. The number of carbonyl (C=O) groups is 1. The zero-order valence-electron chi connectivity index (χ0n) is 8.66. The van der Waals surface area contributed by atoms with Gasteiger partial charge in [0.25, 0.3) is 0 Å². The van der Waals surface area contributed by atoms with Crippen molar-refractivity contribution in [2.24, 2.45) is 5.41 Å². The van der Waals surface area contributed by atoms with Gasteiger partial charge in [0, 0.05) is 12.5 Å². The van der Waals surface area contributed by atoms with E-state index in [1.807, 2.05) is 20.1 Å². The number of hydrogen-bond donors (Lipinski definition) is 1. The van der Waals surface area contributed by atoms with Gasteiger partial charge in [-0.2, -0.15) is 11.8 Å². The molecule has 0 fully saturated rings. The quantitative estimate of drug-likeness (QED) is 0.720. The predicted octanol–water partition coefficient (Wildman–Crippen LogP) is 1.87. The van der Waals surface area contributed by atoms with Gasteiger partial charge in [0.1, 0.15) is 0 Å². The first-order valence-corrected chi connectivity index (χ1v) is 5.59. The Balaban J connectivity index is 4.28. The monoisotopic (exact) mass is 206 g/mol. The van der Waals surface area contributed by atoms with Crippen molar-refractivity contribution in [3.8, 4) is 0 Å². The summed E-state index contributed by atoms with van der Waals surface area (Å²) in [7, 11) is 1.44. The standard InChI is InChI=1S/C9H18O3S/c1-9(2,5-6-13-4)7(12-3)8(10)11/h7H,5-6H2,1-4H3,(H,10,11). The number of carboxylic acids is 1. The molecule has 0 aromatic rings. The second kappa shape index (κ2) is 5.50. The van der Waals surface area contributed by atoms with E-state index in [0.717, 1.165) is 12.2 Å². The molecule has 0 radical (unpaired) electrons. The fourth-order valence-electron chi connectivity index (χ4n) is 1.25. The Hall–Kier alpha value is -0.220. The Kier molecular flexibility index (Phi) is 5.40. The van der Waals surface area contributed by atoms with Crippen molar-refractivity contribution in [2.75, 3.05) is 19.1 Å². The molecule has 0 aromatic carbocycles. The molecule has 4 heteroatoms. The Labute approximate surface area is 83.9 Å². The summed E-state index contributed by atoms with van der Waals surface area (Å²) in [6.45, 7) is 3.84. The zero-order valence-corrected chi connectivity index (χ0v) is 9.48. The minimum atomic E-state index is -0.881. The van der Waals surface area contributed by atoms with Gasteiger partial charge in [0.2, 0.25) is 0 Å². The molecule has 0 rings (SSSR count). The van der Waals surface area contributed by atoms with E-state index < -0.39 is 12.1 Å². The van der Waals surface area contributed by atoms with Gasteiger partial charge in [-0.25, -0.2) is 4.79 Å². The van der Waals surface area contributed by atoms with E-state index in [4.69, 9.17) is 9.84 Å². The van der Waals surface area contributed by atoms with Crippen molar-refractivity contribution >= 4 is 17.7 Å². The van der Waals surface area contributed by atoms with Crippen molar-refractivity contribution < 1.29 is 14.6 Å². The van der Waals surface area contributed by atoms with Gasteiger partial charge in [0.05, 0.1) is 0 Å². The maximum absolute atomic E-state index is 10.8. The Morgan fingerprint density at radius 3 is 2.46 bits per heavy atom. The third-order valence-electron chi connectivity index (χ3n) is 2.12. The van der Waals surface area contributed by atoms with Gasteiger partial charge >= 0.3 is 5.97 Å². The highest BCUT2D eigenvalue weighted by Crippen LogP contribution is 2.28. The van der Waals surface area contributed by atoms with Gasteiger partial charge in [-0.3, -0.25) is 0 Å². The molecule has 1 N–H and O–H groups in total. The van der Waals surface area contributed by atoms with Gasteiger partial charge in [-0.05, 0) is 18.4 Å². The lowest BCUT2D eigenvalue weighted by Crippen LogP contribution is -2.38. The summed E-state index contributed by atoms with van der Waals surface area (Å²) in [6, 6.07) is 0. The minimum absolute atomic E-state index is 0.302. The number of aliphatic carboxylic acids is 1. The van der Waals surface area contributed by atoms with E-state index in [2.05, 4.69) is 0 Å². The molecule has 13 heavy (non-hydrogen) atoms. The van der Waals surface area contributed by atoms with Crippen molar-refractivity contribution in [3.63, 3.8) is 0 Å². The summed E-state index contributed by atoms with van der Waals surface area (Å²) in [6.07, 6.45) is 2.15. The maximum atomic E-state index is 10.8. The summed E-state index contributed by atoms with van der Waals surface area (Å²) in [5.41, 5.74) is -0.302. The second-order valence-corrected chi connectivity index (χ2v) is 4.67. The number of rotatable bonds is 6. The van der Waals surface area contributed by atoms with Gasteiger partial charge < -0.3 is 9.84 Å². The van der Waals surface area contributed by atoms with Crippen molar-refractivity contribution in [2.45, 2.75) is 26.4 Å². The van der Waals surface area contributed by atoms with Crippen LogP contribution in [0.1, 0.15) is 20.3 Å². The van der Waals surface area contributed by atoms with Crippen LogP contribution in [0.2, 0.25) is 0 Å². The average Bonchev–Trinajstić information content (AvgIpc) is 2.01. The highest BCUT2D eigenvalue weighted by Gasteiger charge is 2.34. The third-order valence-corrected chi connectivity index (χ3v) is 2.73. The molecule has 0 bridgehead atoms. The largest absolute Gasteiger partial charge is 0.479 e. The van der Waals surface area contributed by atoms with Crippen LogP contribution in [0.25, 0.3) is 0 Å². The normalized spacial score (nSPS) is 14.2. The lowest BCUT2D eigenvalue weighted by atomic mass is 9.84. The summed E-state index contributed by atoms with van der Waals surface area (Å²) in [5, 5.41) is 8.88. The van der Waals surface area contributed by atoms with E-state index in [-0.39, 0.29) is 5.41 Å². The summed E-state index contributed by atoms with van der Waals surface area (Å²) in [5.74, 6) is 0.0775. The lowest BCUT2D eigenvalue weighted by Gasteiger charge is -2.29. The number of thioether (sulfide) groups is 1. The first-order valence-electron chi connectivity index (χ1n) is 4.20. The van der Waals surface area contributed by atoms with E-state index in [0.29, 0.717) is 0 Å². The molecule has 0 aromatic heterocycles. The molecule has 3 nitrogen and oxygen atoms in total.